The van der Waals surface area contributed by atoms with E-state index in [1.54, 1.807) is 0 Å². The van der Waals surface area contributed by atoms with Gasteiger partial charge >= 0.3 is 0 Å². The molecular formula is C67H69BN3. The van der Waals surface area contributed by atoms with E-state index in [-0.39, 0.29) is 21.7 Å². The molecule has 1 aliphatic rings. The zero-order valence-corrected chi connectivity index (χ0v) is 44.2. The second kappa shape index (κ2) is 17.7. The lowest BCUT2D eigenvalue weighted by Crippen LogP contribution is -2.41. The number of rotatable bonds is 7. The second-order valence-electron chi connectivity index (χ2n) is 24.0. The van der Waals surface area contributed by atoms with Gasteiger partial charge in [-0.3, -0.25) is 0 Å². The molecule has 0 aliphatic carbocycles. The van der Waals surface area contributed by atoms with Crippen molar-refractivity contribution in [3.63, 3.8) is 0 Å². The van der Waals surface area contributed by atoms with Gasteiger partial charge in [0.2, 0.25) is 0 Å². The molecule has 0 aromatic heterocycles. The third-order valence-electron chi connectivity index (χ3n) is 14.6. The van der Waals surface area contributed by atoms with Crippen LogP contribution in [-0.4, -0.2) is 7.28 Å². The predicted molar refractivity (Wildman–Crippen MR) is 311 cm³/mol. The zero-order valence-electron chi connectivity index (χ0n) is 44.2. The molecule has 0 amide bonds. The Morgan fingerprint density at radius 3 is 1.44 bits per heavy atom. The summed E-state index contributed by atoms with van der Waals surface area (Å²) in [6.45, 7) is 29.7. The zero-order chi connectivity index (χ0) is 50.2. The number of nitrogens with zero attached hydrogens (tertiary/aromatic N) is 2. The molecule has 1 heterocycles. The van der Waals surface area contributed by atoms with E-state index >= 15 is 0 Å². The number of aryl methyl sites for hydroxylation is 1. The summed E-state index contributed by atoms with van der Waals surface area (Å²) in [6, 6.07) is 66.3. The van der Waals surface area contributed by atoms with Crippen LogP contribution in [0.5, 0.6) is 0 Å². The fraction of sp³-hybridized carbons (Fsp3) is 0.254. The summed E-state index contributed by atoms with van der Waals surface area (Å²) in [6.07, 6.45) is 0. The van der Waals surface area contributed by atoms with Crippen LogP contribution in [0.3, 0.4) is 0 Å². The molecule has 4 heteroatoms. The van der Waals surface area contributed by atoms with E-state index in [0.717, 1.165) is 45.2 Å². The molecule has 3 nitrogen and oxygen atoms in total. The smallest absolute Gasteiger partial charge is 0.198 e. The maximum atomic E-state index is 3.94. The van der Waals surface area contributed by atoms with E-state index in [4.69, 9.17) is 0 Å². The third kappa shape index (κ3) is 9.26. The monoisotopic (exact) mass is 927 g/mol. The molecular weight excluding hydrogens is 858 g/mol. The molecule has 9 aromatic rings. The number of nitrogens with one attached hydrogen (secondary N) is 1. The molecule has 0 spiro atoms. The van der Waals surface area contributed by atoms with E-state index in [0.29, 0.717) is 0 Å². The van der Waals surface area contributed by atoms with Crippen LogP contribution in [-0.2, 0) is 21.7 Å². The summed E-state index contributed by atoms with van der Waals surface area (Å²) >= 11 is 0. The van der Waals surface area contributed by atoms with Crippen LogP contribution >= 0.6 is 0 Å². The highest BCUT2D eigenvalue weighted by Gasteiger charge is 2.32. The highest BCUT2D eigenvalue weighted by molar-refractivity contribution is 6.74. The van der Waals surface area contributed by atoms with Crippen molar-refractivity contribution in [3.05, 3.63) is 204 Å². The Balaban J connectivity index is 1.22. The molecule has 0 fully saturated rings. The van der Waals surface area contributed by atoms with Crippen molar-refractivity contribution in [1.82, 2.24) is 0 Å². The first-order chi connectivity index (χ1) is 33.6. The van der Waals surface area contributed by atoms with Gasteiger partial charge in [0.25, 0.3) is 0 Å². The average Bonchev–Trinajstić information content (AvgIpc) is 3.32. The summed E-state index contributed by atoms with van der Waals surface area (Å²) in [7, 11) is 2.46. The Morgan fingerprint density at radius 1 is 0.423 bits per heavy atom. The van der Waals surface area contributed by atoms with Gasteiger partial charge in [0.1, 0.15) is 0 Å². The maximum absolute atomic E-state index is 3.94. The van der Waals surface area contributed by atoms with Crippen LogP contribution in [0.1, 0.15) is 111 Å². The van der Waals surface area contributed by atoms with Crippen LogP contribution in [0, 0.1) is 6.92 Å². The first-order valence-electron chi connectivity index (χ1n) is 25.5. The molecule has 355 valence electrons. The minimum absolute atomic E-state index is 0.00965. The Morgan fingerprint density at radius 2 is 0.887 bits per heavy atom. The lowest BCUT2D eigenvalue weighted by atomic mass is 9.57. The first kappa shape index (κ1) is 47.6. The van der Waals surface area contributed by atoms with E-state index in [2.05, 4.69) is 288 Å². The van der Waals surface area contributed by atoms with Crippen molar-refractivity contribution in [2.45, 2.75) is 112 Å². The molecule has 71 heavy (non-hydrogen) atoms. The van der Waals surface area contributed by atoms with Gasteiger partial charge < -0.3 is 15.1 Å². The summed E-state index contributed by atoms with van der Waals surface area (Å²) in [5, 5.41) is 8.74. The second-order valence-corrected chi connectivity index (χ2v) is 24.0. The van der Waals surface area contributed by atoms with Crippen LogP contribution in [0.2, 0.25) is 0 Å². The lowest BCUT2D eigenvalue weighted by molar-refractivity contribution is 0.589. The SMILES string of the molecule is Cc1cc(C(C)(C)C)ccc1N1c2ccc(N(c3ccc(C(C)(C)C)cc3)c3ccc(C(C)(C)C)cc3)cc2[B]c2c(-c3cc4ccccc4cc3Nc3ccc(C(C)(C)C)cc3)cc3ccccc3c21. The van der Waals surface area contributed by atoms with Crippen molar-refractivity contribution in [1.29, 1.82) is 0 Å². The van der Waals surface area contributed by atoms with Gasteiger partial charge in [0, 0.05) is 56.4 Å². The topological polar surface area (TPSA) is 18.5 Å². The molecule has 0 saturated carbocycles. The molecule has 0 bridgehead atoms. The van der Waals surface area contributed by atoms with Gasteiger partial charge in [0.05, 0.1) is 0 Å². The van der Waals surface area contributed by atoms with Gasteiger partial charge in [-0.05, 0) is 162 Å². The Kier molecular flexibility index (Phi) is 11.9. The Labute approximate surface area is 424 Å². The standard InChI is InChI=1S/C67H69BN3/c1-43-38-50(67(11,12)13)28-36-60(43)71-61-37-35-54(70(52-31-24-48(25-32-52)65(5,6)7)53-33-26-49(27-34-53)66(8,9)10)42-58(61)68-62-57(40-46-20-16-17-21-55(46)63(62)71)56-39-44-18-14-15-19-45(44)41-59(56)69-51-29-22-47(23-30-51)64(2,3)4/h14-42,69H,1-13H3. The van der Waals surface area contributed by atoms with E-state index in [1.165, 1.54) is 71.8 Å². The first-order valence-corrected chi connectivity index (χ1v) is 25.5. The van der Waals surface area contributed by atoms with E-state index < -0.39 is 0 Å². The molecule has 1 radical (unpaired) electrons. The van der Waals surface area contributed by atoms with Crippen LogP contribution in [0.4, 0.5) is 45.5 Å². The minimum atomic E-state index is 0.00965. The van der Waals surface area contributed by atoms with Crippen molar-refractivity contribution in [3.8, 4) is 11.1 Å². The minimum Gasteiger partial charge on any atom is -0.355 e. The molecule has 1 N–H and O–H groups in total. The summed E-state index contributed by atoms with van der Waals surface area (Å²) in [5.41, 5.74) is 20.3. The molecule has 0 atom stereocenters. The van der Waals surface area contributed by atoms with E-state index in [9.17, 15) is 0 Å². The van der Waals surface area contributed by atoms with E-state index in [1.807, 2.05) is 0 Å². The number of hydrogen-bond donors (Lipinski definition) is 1. The summed E-state index contributed by atoms with van der Waals surface area (Å²) < 4.78 is 0. The molecule has 1 aliphatic heterocycles. The van der Waals surface area contributed by atoms with Gasteiger partial charge in [-0.2, -0.15) is 0 Å². The molecule has 10 rings (SSSR count). The highest BCUT2D eigenvalue weighted by atomic mass is 15.2. The van der Waals surface area contributed by atoms with Gasteiger partial charge in [-0.1, -0.05) is 186 Å². The van der Waals surface area contributed by atoms with Crippen molar-refractivity contribution >= 4 is 85.2 Å². The number of hydrogen-bond acceptors (Lipinski definition) is 3. The van der Waals surface area contributed by atoms with Crippen LogP contribution in [0.25, 0.3) is 32.7 Å². The molecule has 9 aromatic carbocycles. The number of anilines is 8. The molecule has 0 unspecified atom stereocenters. The Hall–Kier alpha value is -7.04. The molecule has 0 saturated heterocycles. The Bertz CT molecular complexity index is 3390. The van der Waals surface area contributed by atoms with Crippen molar-refractivity contribution in [2.24, 2.45) is 0 Å². The van der Waals surface area contributed by atoms with Crippen LogP contribution < -0.4 is 26.0 Å². The largest absolute Gasteiger partial charge is 0.355 e. The van der Waals surface area contributed by atoms with Crippen molar-refractivity contribution in [2.75, 3.05) is 15.1 Å². The highest BCUT2D eigenvalue weighted by Crippen LogP contribution is 2.47. The number of fused-ring (bicyclic) bond motifs is 5. The van der Waals surface area contributed by atoms with Crippen LogP contribution in [0.15, 0.2) is 176 Å². The maximum Gasteiger partial charge on any atom is 0.198 e. The quantitative estimate of drug-likeness (QED) is 0.161. The average molecular weight is 927 g/mol. The van der Waals surface area contributed by atoms with Gasteiger partial charge in [-0.15, -0.1) is 0 Å². The summed E-state index contributed by atoms with van der Waals surface area (Å²) in [4.78, 5) is 4.98. The predicted octanol–water partition coefficient (Wildman–Crippen LogP) is 17.8. The lowest BCUT2D eigenvalue weighted by Gasteiger charge is -2.38. The van der Waals surface area contributed by atoms with Gasteiger partial charge in [-0.25, -0.2) is 0 Å². The fourth-order valence-corrected chi connectivity index (χ4v) is 10.3. The number of benzene rings is 9. The van der Waals surface area contributed by atoms with Crippen molar-refractivity contribution < 1.29 is 0 Å². The normalized spacial score (nSPS) is 12.9. The summed E-state index contributed by atoms with van der Waals surface area (Å²) in [5.74, 6) is 0. The third-order valence-corrected chi connectivity index (χ3v) is 14.6. The van der Waals surface area contributed by atoms with Gasteiger partial charge in [0.15, 0.2) is 7.28 Å². The fourth-order valence-electron chi connectivity index (χ4n) is 10.3.